The zero-order valence-corrected chi connectivity index (χ0v) is 58.9. The molecule has 23 N–H and O–H groups in total. The Bertz CT molecular complexity index is 2830. The number of carboxylic acids is 3. The Hall–Kier alpha value is -8.64. The molecule has 100 heavy (non-hydrogen) atoms. The summed E-state index contributed by atoms with van der Waals surface area (Å²) in [6.07, 6.45) is 1.23. The van der Waals surface area contributed by atoms with E-state index in [1.54, 1.807) is 41.5 Å². The van der Waals surface area contributed by atoms with Gasteiger partial charge in [0.1, 0.15) is 72.5 Å². The van der Waals surface area contributed by atoms with Crippen LogP contribution in [0.3, 0.4) is 0 Å². The number of hydrogen-bond acceptors (Lipinski definition) is 20. The van der Waals surface area contributed by atoms with Gasteiger partial charge in [-0.1, -0.05) is 48.0 Å². The van der Waals surface area contributed by atoms with Gasteiger partial charge in [0, 0.05) is 25.9 Å². The van der Waals surface area contributed by atoms with E-state index >= 15 is 0 Å². The summed E-state index contributed by atoms with van der Waals surface area (Å²) >= 11 is 0. The van der Waals surface area contributed by atoms with Crippen LogP contribution in [-0.4, -0.2) is 231 Å². The van der Waals surface area contributed by atoms with Gasteiger partial charge in [-0.25, -0.2) is 4.79 Å². The molecule has 0 saturated carbocycles. The summed E-state index contributed by atoms with van der Waals surface area (Å²) in [5.74, 6) is -16.8. The Kier molecular flexibility index (Phi) is 38.9. The summed E-state index contributed by atoms with van der Waals surface area (Å²) in [5, 5.41) is 53.8. The number of likely N-dealkylation sites (tertiary alicyclic amines) is 2. The van der Waals surface area contributed by atoms with Gasteiger partial charge in [-0.3, -0.25) is 71.9 Å². The minimum Gasteiger partial charge on any atom is -0.481 e. The molecule has 13 amide bonds. The number of nitrogens with one attached hydrogen (secondary N) is 10. The summed E-state index contributed by atoms with van der Waals surface area (Å²) in [6, 6.07) is -17.4. The highest BCUT2D eigenvalue weighted by atomic mass is 16.4. The van der Waals surface area contributed by atoms with Crippen molar-refractivity contribution >= 4 is 94.7 Å². The van der Waals surface area contributed by atoms with E-state index in [2.05, 4.69) is 47.9 Å². The maximum absolute atomic E-state index is 14.7. The van der Waals surface area contributed by atoms with Crippen LogP contribution in [0.25, 0.3) is 0 Å². The van der Waals surface area contributed by atoms with Crippen LogP contribution in [0.15, 0.2) is 0 Å². The van der Waals surface area contributed by atoms with Gasteiger partial charge in [0.2, 0.25) is 76.8 Å². The van der Waals surface area contributed by atoms with Crippen molar-refractivity contribution in [2.45, 2.75) is 256 Å². The number of amides is 13. The molecule has 2 rings (SSSR count). The topological polar surface area (TPSA) is 591 Å². The molecule has 0 aromatic carbocycles. The molecule has 2 aliphatic heterocycles. The quantitative estimate of drug-likeness (QED) is 0.0256. The summed E-state index contributed by atoms with van der Waals surface area (Å²) < 4.78 is 0. The van der Waals surface area contributed by atoms with E-state index in [-0.39, 0.29) is 70.5 Å². The van der Waals surface area contributed by atoms with Crippen LogP contribution in [0.2, 0.25) is 0 Å². The van der Waals surface area contributed by atoms with E-state index in [0.29, 0.717) is 58.0 Å². The average Bonchev–Trinajstić information content (AvgIpc) is 1.63. The minimum atomic E-state index is -1.92. The molecule has 2 fully saturated rings. The van der Waals surface area contributed by atoms with E-state index in [1.165, 1.54) is 23.6 Å². The van der Waals surface area contributed by atoms with Gasteiger partial charge in [-0.15, -0.1) is 0 Å². The highest BCUT2D eigenvalue weighted by Crippen LogP contribution is 2.24. The van der Waals surface area contributed by atoms with E-state index in [9.17, 15) is 92.0 Å². The lowest BCUT2D eigenvalue weighted by Gasteiger charge is -2.33. The van der Waals surface area contributed by atoms with Gasteiger partial charge in [-0.2, -0.15) is 0 Å². The fraction of sp³-hybridized carbons (Fsp3) is 0.750. The van der Waals surface area contributed by atoms with Crippen LogP contribution in [0.1, 0.15) is 177 Å². The lowest BCUT2D eigenvalue weighted by molar-refractivity contribution is -0.147. The van der Waals surface area contributed by atoms with Crippen LogP contribution in [-0.2, 0) is 76.7 Å². The van der Waals surface area contributed by atoms with E-state index in [0.717, 1.165) is 0 Å². The summed E-state index contributed by atoms with van der Waals surface area (Å²) in [4.78, 5) is 216. The first-order chi connectivity index (χ1) is 47.0. The molecule has 13 atom stereocenters. The number of primary amides is 1. The van der Waals surface area contributed by atoms with Crippen molar-refractivity contribution in [3.63, 3.8) is 0 Å². The molecule has 0 aliphatic carbocycles. The van der Waals surface area contributed by atoms with Crippen molar-refractivity contribution in [3.8, 4) is 0 Å². The Morgan fingerprint density at radius 3 is 1.29 bits per heavy atom. The van der Waals surface area contributed by atoms with Gasteiger partial charge < -0.3 is 107 Å². The largest absolute Gasteiger partial charge is 0.481 e. The predicted octanol–water partition coefficient (Wildman–Crippen LogP) is -4.38. The van der Waals surface area contributed by atoms with Gasteiger partial charge in [-0.05, 0) is 148 Å². The van der Waals surface area contributed by atoms with Gasteiger partial charge in [0.25, 0.3) is 0 Å². The molecule has 36 heteroatoms. The molecule has 36 nitrogen and oxygen atoms in total. The first kappa shape index (κ1) is 87.4. The van der Waals surface area contributed by atoms with Crippen LogP contribution in [0, 0.1) is 17.8 Å². The normalized spacial score (nSPS) is 17.7. The highest BCUT2D eigenvalue weighted by molar-refractivity contribution is 6.00. The molecule has 0 unspecified atom stereocenters. The van der Waals surface area contributed by atoms with E-state index in [4.69, 9.17) is 28.7 Å². The molecule has 566 valence electrons. The molecule has 2 aliphatic rings. The van der Waals surface area contributed by atoms with Gasteiger partial charge >= 0.3 is 17.9 Å². The van der Waals surface area contributed by atoms with Crippen LogP contribution >= 0.6 is 0 Å². The highest BCUT2D eigenvalue weighted by Gasteiger charge is 2.44. The maximum atomic E-state index is 14.7. The van der Waals surface area contributed by atoms with Crippen molar-refractivity contribution in [3.05, 3.63) is 0 Å². The second-order valence-corrected chi connectivity index (χ2v) is 26.6. The molecule has 0 aromatic rings. The molecule has 2 saturated heterocycles. The third kappa shape index (κ3) is 30.1. The Morgan fingerprint density at radius 1 is 0.410 bits per heavy atom. The second kappa shape index (κ2) is 44.5. The Morgan fingerprint density at radius 2 is 0.820 bits per heavy atom. The molecule has 0 spiro atoms. The Labute approximate surface area is 582 Å². The Balaban J connectivity index is 2.31. The number of aliphatic carboxylic acids is 3. The van der Waals surface area contributed by atoms with Crippen LogP contribution in [0.4, 0.5) is 0 Å². The minimum absolute atomic E-state index is 0.00940. The fourth-order valence-corrected chi connectivity index (χ4v) is 11.3. The van der Waals surface area contributed by atoms with Crippen LogP contribution < -0.4 is 81.8 Å². The third-order valence-corrected chi connectivity index (χ3v) is 17.0. The lowest BCUT2D eigenvalue weighted by atomic mass is 9.98. The molecule has 2 heterocycles. The summed E-state index contributed by atoms with van der Waals surface area (Å²) in [7, 11) is 0. The first-order valence-electron chi connectivity index (χ1n) is 34.4. The number of nitrogens with zero attached hydrogens (tertiary/aromatic N) is 2. The first-order valence-corrected chi connectivity index (χ1v) is 34.4. The number of rotatable bonds is 47. The lowest BCUT2D eigenvalue weighted by Crippen LogP contribution is -2.61. The van der Waals surface area contributed by atoms with Crippen molar-refractivity contribution in [1.29, 1.82) is 0 Å². The van der Waals surface area contributed by atoms with Crippen molar-refractivity contribution < 1.29 is 92.0 Å². The van der Waals surface area contributed by atoms with Crippen molar-refractivity contribution in [2.75, 3.05) is 32.7 Å². The number of carbonyl (C=O) groups excluding carboxylic acids is 13. The molecule has 0 radical (unpaired) electrons. The van der Waals surface area contributed by atoms with Crippen LogP contribution in [0.5, 0.6) is 0 Å². The molecular weight excluding hydrogens is 1310 g/mol. The number of carbonyl (C=O) groups is 16. The number of unbranched alkanes of at least 4 members (excludes halogenated alkanes) is 3. The zero-order valence-electron chi connectivity index (χ0n) is 58.9. The zero-order chi connectivity index (χ0) is 75.7. The predicted molar refractivity (Wildman–Crippen MR) is 361 cm³/mol. The second-order valence-electron chi connectivity index (χ2n) is 26.6. The molecular formula is C64H111N17O19. The van der Waals surface area contributed by atoms with Gasteiger partial charge in [0.15, 0.2) is 0 Å². The monoisotopic (exact) mass is 1420 g/mol. The smallest absolute Gasteiger partial charge is 0.326 e. The number of nitrogens with two attached hydrogens (primary N) is 5. The summed E-state index contributed by atoms with van der Waals surface area (Å²) in [6.45, 7) is 13.7. The maximum Gasteiger partial charge on any atom is 0.326 e. The van der Waals surface area contributed by atoms with Gasteiger partial charge in [0.05, 0.1) is 12.5 Å². The van der Waals surface area contributed by atoms with Crippen molar-refractivity contribution in [1.82, 2.24) is 63.0 Å². The molecule has 0 aromatic heterocycles. The third-order valence-electron chi connectivity index (χ3n) is 17.0. The standard InChI is InChI=1S/C64H111N17O19/c1-33(2)31-43(58(93)78-50(34(3)4)61(96)74-40(19-11-14-28-67)56(91)73-41(22-24-47(69)82)57(92)77-44(64(99)100)32-49(85)86)76-59(94)45-20-16-30-81(45)63(98)51(35(5)6)79-60(95)46-21-15-29-80(46)62(97)42(23-25-48(83)84)75-53(88)37(8)70-52(87)36(7)71-55(90)39(18-10-13-27-66)72-54(89)38(68)17-9-12-26-65/h33-46,50-51H,9-32,65-68H2,1-8H3,(H2,69,82)(H,70,87)(H,71,90)(H,72,89)(H,73,91)(H,74,96)(H,75,88)(H,76,94)(H,77,92)(H,78,93)(H,79,95)(H,83,84)(H,85,86)(H,99,100)/t36-,37-,38-,39-,40-,41-,42-,43-,44-,45-,46-,50-,51-/m0/s1. The average molecular weight is 1420 g/mol. The SMILES string of the molecule is CC(C)C[C@H](NC(=O)[C@@H]1CCCN1C(=O)[C@@H](NC(=O)[C@@H]1CCCN1C(=O)[C@H](CCC(=O)O)NC(=O)[C@H](C)NC(=O)[C@H](C)NC(=O)[C@H](CCCCN)NC(=O)[C@@H](N)CCCCN)C(C)C)C(=O)N[C@H](C(=O)N[C@@H](CCCCN)C(=O)N[C@@H](CCC(N)=O)C(=O)N[C@@H](CC(=O)O)C(=O)O)C(C)C. The number of carboxylic acid groups (broad SMARTS) is 3. The van der Waals surface area contributed by atoms with Crippen molar-refractivity contribution in [2.24, 2.45) is 46.4 Å². The number of hydrogen-bond donors (Lipinski definition) is 18. The summed E-state index contributed by atoms with van der Waals surface area (Å²) in [5.41, 5.74) is 28.3. The fourth-order valence-electron chi connectivity index (χ4n) is 11.3. The molecule has 0 bridgehead atoms. The van der Waals surface area contributed by atoms with E-state index in [1.807, 2.05) is 5.32 Å². The van der Waals surface area contributed by atoms with E-state index < -0.39 is 217 Å².